The number of hydrogen-bond donors (Lipinski definition) is 1. The summed E-state index contributed by atoms with van der Waals surface area (Å²) in [5, 5.41) is 0. The van der Waals surface area contributed by atoms with Gasteiger partial charge in [-0.05, 0) is 48.9 Å². The Hall–Kier alpha value is -0.870. The molecule has 1 fully saturated rings. The topological polar surface area (TPSA) is 44.5 Å². The van der Waals surface area contributed by atoms with Gasteiger partial charge in [-0.3, -0.25) is 0 Å². The molecule has 0 aromatic heterocycles. The molecule has 106 valence electrons. The van der Waals surface area contributed by atoms with Gasteiger partial charge in [0.05, 0.1) is 13.7 Å². The Morgan fingerprint density at radius 1 is 1.32 bits per heavy atom. The van der Waals surface area contributed by atoms with Crippen molar-refractivity contribution >= 4 is 11.8 Å². The normalized spacial score (nSPS) is 18.0. The summed E-state index contributed by atoms with van der Waals surface area (Å²) in [7, 11) is 1.67. The summed E-state index contributed by atoms with van der Waals surface area (Å²) < 4.78 is 11.1. The summed E-state index contributed by atoms with van der Waals surface area (Å²) in [4.78, 5) is 0. The fourth-order valence-corrected chi connectivity index (χ4v) is 3.62. The average molecular weight is 281 g/mol. The Morgan fingerprint density at radius 3 is 2.74 bits per heavy atom. The van der Waals surface area contributed by atoms with E-state index >= 15 is 0 Å². The lowest BCUT2D eigenvalue weighted by Crippen LogP contribution is -2.31. The third-order valence-corrected chi connectivity index (χ3v) is 4.79. The minimum atomic E-state index is 0.465. The van der Waals surface area contributed by atoms with Crippen molar-refractivity contribution in [3.63, 3.8) is 0 Å². The quantitative estimate of drug-likeness (QED) is 0.871. The van der Waals surface area contributed by atoms with Crippen LogP contribution in [0.15, 0.2) is 24.3 Å². The molecule has 0 saturated carbocycles. The molecule has 0 radical (unpaired) electrons. The van der Waals surface area contributed by atoms with Crippen molar-refractivity contribution in [1.29, 1.82) is 0 Å². The standard InChI is InChI=1S/C15H23NO2S/c1-17-14-3-2-4-15(9-14)18-11-13(10-16)12-5-7-19-8-6-12/h2-4,9,12-13H,5-8,10-11,16H2,1H3. The number of thioether (sulfide) groups is 1. The highest BCUT2D eigenvalue weighted by Gasteiger charge is 2.23. The van der Waals surface area contributed by atoms with Crippen LogP contribution in [0.3, 0.4) is 0 Å². The molecule has 1 heterocycles. The van der Waals surface area contributed by atoms with Gasteiger partial charge in [-0.25, -0.2) is 0 Å². The summed E-state index contributed by atoms with van der Waals surface area (Å²) in [6, 6.07) is 7.76. The smallest absolute Gasteiger partial charge is 0.122 e. The van der Waals surface area contributed by atoms with Crippen molar-refractivity contribution in [2.24, 2.45) is 17.6 Å². The molecule has 0 spiro atoms. The highest BCUT2D eigenvalue weighted by Crippen LogP contribution is 2.29. The molecule has 0 aliphatic carbocycles. The number of ether oxygens (including phenoxy) is 2. The molecule has 4 heteroatoms. The predicted molar refractivity (Wildman–Crippen MR) is 81.1 cm³/mol. The molecule has 1 aliphatic rings. The summed E-state index contributed by atoms with van der Waals surface area (Å²) in [6.07, 6.45) is 2.54. The summed E-state index contributed by atoms with van der Waals surface area (Å²) >= 11 is 2.05. The molecule has 19 heavy (non-hydrogen) atoms. The zero-order chi connectivity index (χ0) is 13.5. The van der Waals surface area contributed by atoms with Gasteiger partial charge in [0, 0.05) is 12.0 Å². The van der Waals surface area contributed by atoms with Crippen molar-refractivity contribution in [3.05, 3.63) is 24.3 Å². The van der Waals surface area contributed by atoms with E-state index in [2.05, 4.69) is 0 Å². The fourth-order valence-electron chi connectivity index (χ4n) is 2.48. The van der Waals surface area contributed by atoms with Crippen LogP contribution in [0, 0.1) is 11.8 Å². The third-order valence-electron chi connectivity index (χ3n) is 3.74. The zero-order valence-corrected chi connectivity index (χ0v) is 12.3. The minimum absolute atomic E-state index is 0.465. The van der Waals surface area contributed by atoms with Crippen LogP contribution in [0.1, 0.15) is 12.8 Å². The van der Waals surface area contributed by atoms with E-state index in [9.17, 15) is 0 Å². The average Bonchev–Trinajstić information content (AvgIpc) is 2.49. The molecular weight excluding hydrogens is 258 g/mol. The van der Waals surface area contributed by atoms with Crippen LogP contribution in [0.4, 0.5) is 0 Å². The second kappa shape index (κ2) is 7.65. The van der Waals surface area contributed by atoms with E-state index in [1.165, 1.54) is 24.3 Å². The third kappa shape index (κ3) is 4.32. The van der Waals surface area contributed by atoms with Crippen LogP contribution in [0.2, 0.25) is 0 Å². The molecule has 1 saturated heterocycles. The predicted octanol–water partition coefficient (Wildman–Crippen LogP) is 2.79. The summed E-state index contributed by atoms with van der Waals surface area (Å²) in [5.74, 6) is 5.41. The lowest BCUT2D eigenvalue weighted by Gasteiger charge is -2.29. The summed E-state index contributed by atoms with van der Waals surface area (Å²) in [6.45, 7) is 1.41. The molecule has 1 aliphatic heterocycles. The second-order valence-corrected chi connectivity index (χ2v) is 6.16. The van der Waals surface area contributed by atoms with E-state index in [1.807, 2.05) is 36.0 Å². The minimum Gasteiger partial charge on any atom is -0.497 e. The van der Waals surface area contributed by atoms with Gasteiger partial charge >= 0.3 is 0 Å². The molecule has 1 unspecified atom stereocenters. The van der Waals surface area contributed by atoms with Crippen molar-refractivity contribution in [1.82, 2.24) is 0 Å². The van der Waals surface area contributed by atoms with Crippen molar-refractivity contribution in [2.45, 2.75) is 12.8 Å². The highest BCUT2D eigenvalue weighted by molar-refractivity contribution is 7.99. The number of methoxy groups -OCH3 is 1. The molecule has 2 rings (SSSR count). The van der Waals surface area contributed by atoms with Gasteiger partial charge in [-0.15, -0.1) is 0 Å². The Morgan fingerprint density at radius 2 is 2.05 bits per heavy atom. The maximum Gasteiger partial charge on any atom is 0.122 e. The first-order chi connectivity index (χ1) is 9.33. The van der Waals surface area contributed by atoms with Crippen molar-refractivity contribution in [3.8, 4) is 11.5 Å². The molecule has 1 aromatic rings. The van der Waals surface area contributed by atoms with Crippen LogP contribution in [-0.4, -0.2) is 31.8 Å². The van der Waals surface area contributed by atoms with Crippen molar-refractivity contribution < 1.29 is 9.47 Å². The molecule has 2 N–H and O–H groups in total. The first kappa shape index (κ1) is 14.5. The van der Waals surface area contributed by atoms with Gasteiger partial charge < -0.3 is 15.2 Å². The number of hydrogen-bond acceptors (Lipinski definition) is 4. The van der Waals surface area contributed by atoms with E-state index in [-0.39, 0.29) is 0 Å². The molecule has 1 aromatic carbocycles. The zero-order valence-electron chi connectivity index (χ0n) is 11.5. The van der Waals surface area contributed by atoms with Crippen LogP contribution >= 0.6 is 11.8 Å². The monoisotopic (exact) mass is 281 g/mol. The van der Waals surface area contributed by atoms with Gasteiger partial charge in [-0.1, -0.05) is 6.07 Å². The van der Waals surface area contributed by atoms with Gasteiger partial charge in [0.2, 0.25) is 0 Å². The van der Waals surface area contributed by atoms with Crippen LogP contribution in [-0.2, 0) is 0 Å². The van der Waals surface area contributed by atoms with Crippen LogP contribution in [0.5, 0.6) is 11.5 Å². The largest absolute Gasteiger partial charge is 0.497 e. The fraction of sp³-hybridized carbons (Fsp3) is 0.600. The maximum atomic E-state index is 5.91. The van der Waals surface area contributed by atoms with E-state index < -0.39 is 0 Å². The Bertz CT molecular complexity index is 380. The first-order valence-corrected chi connectivity index (χ1v) is 8.03. The molecule has 3 nitrogen and oxygen atoms in total. The van der Waals surface area contributed by atoms with Gasteiger partial charge in [0.1, 0.15) is 11.5 Å². The highest BCUT2D eigenvalue weighted by atomic mass is 32.2. The van der Waals surface area contributed by atoms with Crippen molar-refractivity contribution in [2.75, 3.05) is 31.8 Å². The van der Waals surface area contributed by atoms with E-state index in [0.717, 1.165) is 17.4 Å². The molecule has 0 amide bonds. The Kier molecular flexibility index (Phi) is 5.86. The SMILES string of the molecule is COc1cccc(OCC(CN)C2CCSCC2)c1. The number of benzene rings is 1. The van der Waals surface area contributed by atoms with Gasteiger partial charge in [0.15, 0.2) is 0 Å². The Labute approximate surface area is 119 Å². The second-order valence-electron chi connectivity index (χ2n) is 4.94. The number of nitrogens with two attached hydrogens (primary N) is 1. The van der Waals surface area contributed by atoms with Gasteiger partial charge in [0.25, 0.3) is 0 Å². The van der Waals surface area contributed by atoms with Crippen LogP contribution < -0.4 is 15.2 Å². The lowest BCUT2D eigenvalue weighted by atomic mass is 9.88. The molecule has 1 atom stereocenters. The van der Waals surface area contributed by atoms with Gasteiger partial charge in [-0.2, -0.15) is 11.8 Å². The first-order valence-electron chi connectivity index (χ1n) is 6.88. The molecular formula is C15H23NO2S. The van der Waals surface area contributed by atoms with Crippen LogP contribution in [0.25, 0.3) is 0 Å². The lowest BCUT2D eigenvalue weighted by molar-refractivity contribution is 0.190. The summed E-state index contributed by atoms with van der Waals surface area (Å²) in [5.41, 5.74) is 5.91. The Balaban J connectivity index is 1.87. The van der Waals surface area contributed by atoms with E-state index in [0.29, 0.717) is 19.1 Å². The number of rotatable bonds is 6. The van der Waals surface area contributed by atoms with E-state index in [4.69, 9.17) is 15.2 Å². The maximum absolute atomic E-state index is 5.91. The molecule has 0 bridgehead atoms. The van der Waals surface area contributed by atoms with E-state index in [1.54, 1.807) is 7.11 Å².